The third-order valence-electron chi connectivity index (χ3n) is 4.06. The van der Waals surface area contributed by atoms with Gasteiger partial charge < -0.3 is 14.2 Å². The zero-order chi connectivity index (χ0) is 20.9. The molecule has 2 aromatic rings. The van der Waals surface area contributed by atoms with Crippen LogP contribution in [0.25, 0.3) is 0 Å². The lowest BCUT2D eigenvalue weighted by Crippen LogP contribution is -2.09. The molecule has 0 fully saturated rings. The molecule has 0 radical (unpaired) electrons. The fraction of sp³-hybridized carbons (Fsp3) is 0.261. The van der Waals surface area contributed by atoms with Crippen molar-refractivity contribution in [3.8, 4) is 11.5 Å². The molecule has 0 bridgehead atoms. The SMILES string of the molecule is C=CC(=O)OCCCCCCOc1ccc(C(=O)Oc2ccccc2C=O)cc1. The van der Waals surface area contributed by atoms with E-state index in [1.165, 1.54) is 0 Å². The molecule has 0 aliphatic rings. The highest BCUT2D eigenvalue weighted by atomic mass is 16.5. The summed E-state index contributed by atoms with van der Waals surface area (Å²) in [5, 5.41) is 0. The molecule has 0 atom stereocenters. The van der Waals surface area contributed by atoms with E-state index >= 15 is 0 Å². The molecule has 29 heavy (non-hydrogen) atoms. The van der Waals surface area contributed by atoms with Crippen LogP contribution in [0, 0.1) is 0 Å². The summed E-state index contributed by atoms with van der Waals surface area (Å²) < 4.78 is 15.8. The fourth-order valence-corrected chi connectivity index (χ4v) is 2.50. The summed E-state index contributed by atoms with van der Waals surface area (Å²) in [4.78, 5) is 34.1. The standard InChI is InChI=1S/C23H24O6/c1-2-22(25)28-16-8-4-3-7-15-27-20-13-11-18(12-14-20)23(26)29-21-10-6-5-9-19(21)17-24/h2,5-6,9-14,17H,1,3-4,7-8,15-16H2. The number of ether oxygens (including phenoxy) is 3. The number of carbonyl (C=O) groups excluding carboxylic acids is 3. The molecule has 0 amide bonds. The van der Waals surface area contributed by atoms with E-state index in [-0.39, 0.29) is 5.75 Å². The molecule has 0 spiro atoms. The minimum Gasteiger partial charge on any atom is -0.494 e. The predicted octanol–water partition coefficient (Wildman–Crippen LogP) is 4.39. The van der Waals surface area contributed by atoms with Crippen molar-refractivity contribution >= 4 is 18.2 Å². The number of rotatable bonds is 12. The van der Waals surface area contributed by atoms with Crippen LogP contribution in [-0.4, -0.2) is 31.4 Å². The summed E-state index contributed by atoms with van der Waals surface area (Å²) in [6, 6.07) is 13.2. The predicted molar refractivity (Wildman–Crippen MR) is 108 cm³/mol. The molecule has 0 N–H and O–H groups in total. The highest BCUT2D eigenvalue weighted by Crippen LogP contribution is 2.19. The molecule has 0 saturated carbocycles. The van der Waals surface area contributed by atoms with Crippen LogP contribution in [0.15, 0.2) is 61.2 Å². The van der Waals surface area contributed by atoms with Gasteiger partial charge in [-0.15, -0.1) is 0 Å². The van der Waals surface area contributed by atoms with Gasteiger partial charge in [-0.1, -0.05) is 18.7 Å². The smallest absolute Gasteiger partial charge is 0.343 e. The van der Waals surface area contributed by atoms with Gasteiger partial charge in [-0.3, -0.25) is 4.79 Å². The summed E-state index contributed by atoms with van der Waals surface area (Å²) in [5.41, 5.74) is 0.687. The fourth-order valence-electron chi connectivity index (χ4n) is 2.50. The van der Waals surface area contributed by atoms with Gasteiger partial charge in [0.25, 0.3) is 0 Å². The Hall–Kier alpha value is -3.41. The Morgan fingerprint density at radius 2 is 1.59 bits per heavy atom. The first kappa shape index (κ1) is 21.9. The molecule has 0 aliphatic carbocycles. The quantitative estimate of drug-likeness (QED) is 0.174. The minimum absolute atomic E-state index is 0.229. The summed E-state index contributed by atoms with van der Waals surface area (Å²) in [5.74, 6) is -0.0431. The van der Waals surface area contributed by atoms with E-state index in [9.17, 15) is 14.4 Å². The number of hydrogen-bond donors (Lipinski definition) is 0. The maximum absolute atomic E-state index is 12.2. The molecule has 2 aromatic carbocycles. The lowest BCUT2D eigenvalue weighted by atomic mass is 10.2. The van der Waals surface area contributed by atoms with Crippen molar-refractivity contribution in [2.24, 2.45) is 0 Å². The maximum Gasteiger partial charge on any atom is 0.343 e. The Morgan fingerprint density at radius 1 is 0.897 bits per heavy atom. The van der Waals surface area contributed by atoms with Gasteiger partial charge in [-0.2, -0.15) is 0 Å². The van der Waals surface area contributed by atoms with E-state index in [0.717, 1.165) is 31.8 Å². The van der Waals surface area contributed by atoms with Gasteiger partial charge >= 0.3 is 11.9 Å². The van der Waals surface area contributed by atoms with Crippen molar-refractivity contribution in [3.63, 3.8) is 0 Å². The number of esters is 2. The zero-order valence-corrected chi connectivity index (χ0v) is 16.2. The molecule has 0 saturated heterocycles. The highest BCUT2D eigenvalue weighted by molar-refractivity contribution is 5.92. The van der Waals surface area contributed by atoms with Crippen molar-refractivity contribution in [2.75, 3.05) is 13.2 Å². The van der Waals surface area contributed by atoms with E-state index in [4.69, 9.17) is 14.2 Å². The van der Waals surface area contributed by atoms with Crippen molar-refractivity contribution in [1.82, 2.24) is 0 Å². The summed E-state index contributed by atoms with van der Waals surface area (Å²) in [6.45, 7) is 4.30. The van der Waals surface area contributed by atoms with E-state index in [2.05, 4.69) is 6.58 Å². The van der Waals surface area contributed by atoms with Crippen molar-refractivity contribution in [2.45, 2.75) is 25.7 Å². The van der Waals surface area contributed by atoms with Crippen LogP contribution in [0.3, 0.4) is 0 Å². The van der Waals surface area contributed by atoms with Gasteiger partial charge in [0.05, 0.1) is 24.3 Å². The molecule has 0 aliphatic heterocycles. The first-order valence-corrected chi connectivity index (χ1v) is 9.42. The highest BCUT2D eigenvalue weighted by Gasteiger charge is 2.11. The largest absolute Gasteiger partial charge is 0.494 e. The van der Waals surface area contributed by atoms with Crippen molar-refractivity contribution in [1.29, 1.82) is 0 Å². The second-order valence-corrected chi connectivity index (χ2v) is 6.20. The third kappa shape index (κ3) is 7.62. The number of aldehydes is 1. The lowest BCUT2D eigenvalue weighted by molar-refractivity contribution is -0.137. The number of para-hydroxylation sites is 1. The van der Waals surface area contributed by atoms with Gasteiger partial charge in [0.1, 0.15) is 11.5 Å². The lowest BCUT2D eigenvalue weighted by Gasteiger charge is -2.08. The Morgan fingerprint density at radius 3 is 2.28 bits per heavy atom. The Labute approximate surface area is 170 Å². The van der Waals surface area contributed by atoms with Gasteiger partial charge in [0.15, 0.2) is 6.29 Å². The van der Waals surface area contributed by atoms with Crippen LogP contribution in [-0.2, 0) is 9.53 Å². The molecule has 6 heteroatoms. The van der Waals surface area contributed by atoms with Crippen LogP contribution in [0.1, 0.15) is 46.4 Å². The summed E-state index contributed by atoms with van der Waals surface area (Å²) in [7, 11) is 0. The average Bonchev–Trinajstić information content (AvgIpc) is 2.76. The molecule has 2 rings (SSSR count). The van der Waals surface area contributed by atoms with E-state index in [1.54, 1.807) is 48.5 Å². The normalized spacial score (nSPS) is 10.1. The average molecular weight is 396 g/mol. The van der Waals surface area contributed by atoms with Crippen LogP contribution in [0.5, 0.6) is 11.5 Å². The third-order valence-corrected chi connectivity index (χ3v) is 4.06. The molecule has 0 unspecified atom stereocenters. The first-order valence-electron chi connectivity index (χ1n) is 9.42. The summed E-state index contributed by atoms with van der Waals surface area (Å²) >= 11 is 0. The van der Waals surface area contributed by atoms with Crippen LogP contribution in [0.2, 0.25) is 0 Å². The van der Waals surface area contributed by atoms with Gasteiger partial charge in [0, 0.05) is 6.08 Å². The molecular weight excluding hydrogens is 372 g/mol. The topological polar surface area (TPSA) is 78.9 Å². The Balaban J connectivity index is 1.69. The number of benzene rings is 2. The minimum atomic E-state index is -0.539. The number of unbranched alkanes of at least 4 members (excludes halogenated alkanes) is 3. The second kappa shape index (κ2) is 12.1. The van der Waals surface area contributed by atoms with E-state index < -0.39 is 11.9 Å². The van der Waals surface area contributed by atoms with Gasteiger partial charge in [-0.25, -0.2) is 9.59 Å². The van der Waals surface area contributed by atoms with Crippen molar-refractivity contribution in [3.05, 3.63) is 72.3 Å². The maximum atomic E-state index is 12.2. The number of hydrogen-bond acceptors (Lipinski definition) is 6. The molecule has 6 nitrogen and oxygen atoms in total. The van der Waals surface area contributed by atoms with Crippen LogP contribution >= 0.6 is 0 Å². The zero-order valence-electron chi connectivity index (χ0n) is 16.2. The van der Waals surface area contributed by atoms with Crippen molar-refractivity contribution < 1.29 is 28.6 Å². The molecule has 152 valence electrons. The van der Waals surface area contributed by atoms with Gasteiger partial charge in [-0.05, 0) is 62.1 Å². The first-order chi connectivity index (χ1) is 14.1. The molecular formula is C23H24O6. The number of carbonyl (C=O) groups is 3. The molecule has 0 heterocycles. The Kier molecular flexibility index (Phi) is 9.15. The summed E-state index contributed by atoms with van der Waals surface area (Å²) in [6.07, 6.45) is 5.40. The van der Waals surface area contributed by atoms with Crippen LogP contribution < -0.4 is 9.47 Å². The Bertz CT molecular complexity index is 826. The van der Waals surface area contributed by atoms with Crippen LogP contribution in [0.4, 0.5) is 0 Å². The molecule has 0 aromatic heterocycles. The monoisotopic (exact) mass is 396 g/mol. The van der Waals surface area contributed by atoms with E-state index in [0.29, 0.717) is 36.4 Å². The van der Waals surface area contributed by atoms with E-state index in [1.807, 2.05) is 0 Å². The van der Waals surface area contributed by atoms with Gasteiger partial charge in [0.2, 0.25) is 0 Å². The second-order valence-electron chi connectivity index (χ2n) is 6.20.